The molecule has 0 radical (unpaired) electrons. The van der Waals surface area contributed by atoms with E-state index in [1.165, 1.54) is 4.88 Å². The van der Waals surface area contributed by atoms with Gasteiger partial charge in [0.15, 0.2) is 0 Å². The maximum atomic E-state index is 6.19. The number of nitrogens with two attached hydrogens (primary N) is 1. The first-order valence-corrected chi connectivity index (χ1v) is 6.26. The minimum atomic E-state index is 0.00148. The van der Waals surface area contributed by atoms with E-state index in [1.807, 2.05) is 23.3 Å². The summed E-state index contributed by atoms with van der Waals surface area (Å²) in [6.45, 7) is 4.93. The molecule has 0 aliphatic carbocycles. The molecule has 1 unspecified atom stereocenters. The van der Waals surface area contributed by atoms with Gasteiger partial charge in [0.2, 0.25) is 0 Å². The van der Waals surface area contributed by atoms with E-state index in [9.17, 15) is 0 Å². The van der Waals surface area contributed by atoms with Crippen molar-refractivity contribution in [1.29, 1.82) is 0 Å². The van der Waals surface area contributed by atoms with Gasteiger partial charge in [-0.05, 0) is 19.9 Å². The van der Waals surface area contributed by atoms with E-state index in [1.54, 1.807) is 11.3 Å². The SMILES string of the molecule is CCn1nc(C)cc1C(N)Cc1cncs1. The van der Waals surface area contributed by atoms with Gasteiger partial charge < -0.3 is 5.73 Å². The summed E-state index contributed by atoms with van der Waals surface area (Å²) < 4.78 is 1.97. The zero-order valence-corrected chi connectivity index (χ0v) is 10.4. The highest BCUT2D eigenvalue weighted by atomic mass is 32.1. The molecule has 86 valence electrons. The third-order valence-corrected chi connectivity index (χ3v) is 3.32. The number of aromatic nitrogens is 3. The van der Waals surface area contributed by atoms with E-state index >= 15 is 0 Å². The Morgan fingerprint density at radius 2 is 2.38 bits per heavy atom. The predicted molar refractivity (Wildman–Crippen MR) is 65.4 cm³/mol. The summed E-state index contributed by atoms with van der Waals surface area (Å²) in [5, 5.41) is 4.40. The van der Waals surface area contributed by atoms with E-state index in [2.05, 4.69) is 23.1 Å². The summed E-state index contributed by atoms with van der Waals surface area (Å²) in [4.78, 5) is 5.27. The monoisotopic (exact) mass is 236 g/mol. The second kappa shape index (κ2) is 4.76. The molecule has 5 heteroatoms. The largest absolute Gasteiger partial charge is 0.322 e. The zero-order valence-electron chi connectivity index (χ0n) is 9.55. The molecule has 2 heterocycles. The van der Waals surface area contributed by atoms with E-state index in [-0.39, 0.29) is 6.04 Å². The van der Waals surface area contributed by atoms with Crippen molar-refractivity contribution in [2.75, 3.05) is 0 Å². The summed E-state index contributed by atoms with van der Waals surface area (Å²) in [6.07, 6.45) is 2.71. The average molecular weight is 236 g/mol. The molecular weight excluding hydrogens is 220 g/mol. The molecule has 0 aliphatic heterocycles. The second-order valence-corrected chi connectivity index (χ2v) is 4.78. The molecule has 0 fully saturated rings. The van der Waals surface area contributed by atoms with E-state index in [4.69, 9.17) is 5.73 Å². The molecule has 0 amide bonds. The normalized spacial score (nSPS) is 12.9. The number of thiazole rings is 1. The highest BCUT2D eigenvalue weighted by molar-refractivity contribution is 7.09. The van der Waals surface area contributed by atoms with Gasteiger partial charge >= 0.3 is 0 Å². The number of aryl methyl sites for hydroxylation is 2. The summed E-state index contributed by atoms with van der Waals surface area (Å²) >= 11 is 1.65. The minimum absolute atomic E-state index is 0.00148. The Morgan fingerprint density at radius 1 is 1.56 bits per heavy atom. The second-order valence-electron chi connectivity index (χ2n) is 3.80. The minimum Gasteiger partial charge on any atom is -0.322 e. The molecule has 0 spiro atoms. The van der Waals surface area contributed by atoms with Crippen LogP contribution in [0.25, 0.3) is 0 Å². The van der Waals surface area contributed by atoms with E-state index in [0.717, 1.165) is 24.4 Å². The van der Waals surface area contributed by atoms with E-state index in [0.29, 0.717) is 0 Å². The van der Waals surface area contributed by atoms with Crippen LogP contribution in [0.1, 0.15) is 29.2 Å². The molecule has 1 atom stereocenters. The van der Waals surface area contributed by atoms with Crippen LogP contribution in [-0.4, -0.2) is 14.8 Å². The zero-order chi connectivity index (χ0) is 11.5. The molecule has 2 aromatic rings. The van der Waals surface area contributed by atoms with Gasteiger partial charge in [0.25, 0.3) is 0 Å². The Labute approximate surface area is 99.1 Å². The highest BCUT2D eigenvalue weighted by Gasteiger charge is 2.13. The molecular formula is C11H16N4S. The van der Waals surface area contributed by atoms with Gasteiger partial charge in [-0.2, -0.15) is 5.10 Å². The van der Waals surface area contributed by atoms with Crippen molar-refractivity contribution in [1.82, 2.24) is 14.8 Å². The molecule has 0 bridgehead atoms. The van der Waals surface area contributed by atoms with Crippen LogP contribution in [0.5, 0.6) is 0 Å². The van der Waals surface area contributed by atoms with Gasteiger partial charge in [0.05, 0.1) is 22.9 Å². The van der Waals surface area contributed by atoms with Gasteiger partial charge in [-0.1, -0.05) is 0 Å². The van der Waals surface area contributed by atoms with Crippen molar-refractivity contribution >= 4 is 11.3 Å². The topological polar surface area (TPSA) is 56.7 Å². The predicted octanol–water partition coefficient (Wildman–Crippen LogP) is 1.91. The van der Waals surface area contributed by atoms with Crippen molar-refractivity contribution in [3.8, 4) is 0 Å². The molecule has 2 aromatic heterocycles. The van der Waals surface area contributed by atoms with Gasteiger partial charge in [-0.25, -0.2) is 0 Å². The quantitative estimate of drug-likeness (QED) is 0.882. The van der Waals surface area contributed by atoms with Crippen molar-refractivity contribution in [3.63, 3.8) is 0 Å². The fourth-order valence-corrected chi connectivity index (χ4v) is 2.44. The van der Waals surface area contributed by atoms with Crippen molar-refractivity contribution in [2.45, 2.75) is 32.9 Å². The van der Waals surface area contributed by atoms with Crippen LogP contribution in [-0.2, 0) is 13.0 Å². The Kier molecular flexibility index (Phi) is 3.36. The average Bonchev–Trinajstić information content (AvgIpc) is 2.86. The highest BCUT2D eigenvalue weighted by Crippen LogP contribution is 2.19. The number of hydrogen-bond acceptors (Lipinski definition) is 4. The number of nitrogens with zero attached hydrogens (tertiary/aromatic N) is 3. The summed E-state index contributed by atoms with van der Waals surface area (Å²) in [5.74, 6) is 0. The third-order valence-electron chi connectivity index (χ3n) is 2.52. The lowest BCUT2D eigenvalue weighted by molar-refractivity contribution is 0.568. The fraction of sp³-hybridized carbons (Fsp3) is 0.455. The molecule has 16 heavy (non-hydrogen) atoms. The van der Waals surface area contributed by atoms with E-state index < -0.39 is 0 Å². The summed E-state index contributed by atoms with van der Waals surface area (Å²) in [6, 6.07) is 2.07. The molecule has 0 aliphatic rings. The Bertz CT molecular complexity index is 447. The number of hydrogen-bond donors (Lipinski definition) is 1. The number of rotatable bonds is 4. The Balaban J connectivity index is 2.16. The van der Waals surface area contributed by atoms with Gasteiger partial charge in [0.1, 0.15) is 0 Å². The molecule has 2 rings (SSSR count). The van der Waals surface area contributed by atoms with Crippen LogP contribution in [0.15, 0.2) is 17.8 Å². The lowest BCUT2D eigenvalue weighted by Crippen LogP contribution is -2.17. The molecule has 2 N–H and O–H groups in total. The summed E-state index contributed by atoms with van der Waals surface area (Å²) in [5.41, 5.74) is 10.2. The van der Waals surface area contributed by atoms with Crippen LogP contribution < -0.4 is 5.73 Å². The van der Waals surface area contributed by atoms with Crippen LogP contribution in [0.2, 0.25) is 0 Å². The van der Waals surface area contributed by atoms with Crippen molar-refractivity contribution in [3.05, 3.63) is 34.0 Å². The van der Waals surface area contributed by atoms with Crippen LogP contribution in [0.4, 0.5) is 0 Å². The van der Waals surface area contributed by atoms with Crippen molar-refractivity contribution in [2.24, 2.45) is 5.73 Å². The first kappa shape index (κ1) is 11.3. The van der Waals surface area contributed by atoms with Crippen LogP contribution in [0, 0.1) is 6.92 Å². The smallest absolute Gasteiger partial charge is 0.0794 e. The van der Waals surface area contributed by atoms with Crippen LogP contribution >= 0.6 is 11.3 Å². The molecule has 0 saturated heterocycles. The maximum Gasteiger partial charge on any atom is 0.0794 e. The third kappa shape index (κ3) is 2.31. The molecule has 0 saturated carbocycles. The molecule has 0 aromatic carbocycles. The Morgan fingerprint density at radius 3 is 3.00 bits per heavy atom. The van der Waals surface area contributed by atoms with Crippen LogP contribution in [0.3, 0.4) is 0 Å². The first-order chi connectivity index (χ1) is 7.70. The van der Waals surface area contributed by atoms with Gasteiger partial charge in [0, 0.05) is 24.0 Å². The van der Waals surface area contributed by atoms with Gasteiger partial charge in [-0.15, -0.1) is 11.3 Å². The summed E-state index contributed by atoms with van der Waals surface area (Å²) in [7, 11) is 0. The first-order valence-electron chi connectivity index (χ1n) is 5.38. The fourth-order valence-electron chi connectivity index (χ4n) is 1.78. The standard InChI is InChI=1S/C11H16N4S/c1-3-15-11(4-8(2)14-15)10(12)5-9-6-13-7-16-9/h4,6-7,10H,3,5,12H2,1-2H3. The maximum absolute atomic E-state index is 6.19. The lowest BCUT2D eigenvalue weighted by Gasteiger charge is -2.11. The van der Waals surface area contributed by atoms with Crippen molar-refractivity contribution < 1.29 is 0 Å². The lowest BCUT2D eigenvalue weighted by atomic mass is 10.1. The van der Waals surface area contributed by atoms with Gasteiger partial charge in [-0.3, -0.25) is 9.67 Å². The molecule has 4 nitrogen and oxygen atoms in total. The Hall–Kier alpha value is -1.20.